The molecule has 0 atom stereocenters. The van der Waals surface area contributed by atoms with Gasteiger partial charge < -0.3 is 4.57 Å². The Bertz CT molecular complexity index is 1230. The highest BCUT2D eigenvalue weighted by Gasteiger charge is 2.35. The van der Waals surface area contributed by atoms with E-state index < -0.39 is 11.8 Å². The van der Waals surface area contributed by atoms with Gasteiger partial charge in [-0.25, -0.2) is 4.39 Å². The highest BCUT2D eigenvalue weighted by atomic mass is 19.1. The van der Waals surface area contributed by atoms with Gasteiger partial charge in [-0.05, 0) is 44.5 Å². The molecular weight excluding hydrogens is 387 g/mol. The van der Waals surface area contributed by atoms with Gasteiger partial charge in [0.1, 0.15) is 0 Å². The number of benzene rings is 1. The first-order valence-electron chi connectivity index (χ1n) is 9.53. The summed E-state index contributed by atoms with van der Waals surface area (Å²) in [6.45, 7) is 5.60. The van der Waals surface area contributed by atoms with E-state index >= 15 is 0 Å². The lowest BCUT2D eigenvalue weighted by Crippen LogP contribution is -2.33. The molecule has 2 aromatic heterocycles. The Labute approximate surface area is 172 Å². The largest absolute Gasteiger partial charge is 0.310 e. The van der Waals surface area contributed by atoms with Crippen molar-refractivity contribution in [1.82, 2.24) is 19.2 Å². The third kappa shape index (κ3) is 3.24. The van der Waals surface area contributed by atoms with Crippen LogP contribution in [0.3, 0.4) is 0 Å². The molecule has 154 valence electrons. The second kappa shape index (κ2) is 7.05. The molecule has 0 spiro atoms. The maximum absolute atomic E-state index is 13.6. The van der Waals surface area contributed by atoms with E-state index in [9.17, 15) is 18.8 Å². The highest BCUT2D eigenvalue weighted by Crippen LogP contribution is 2.24. The van der Waals surface area contributed by atoms with Crippen molar-refractivity contribution in [2.75, 3.05) is 6.54 Å². The van der Waals surface area contributed by atoms with Crippen LogP contribution >= 0.6 is 0 Å². The van der Waals surface area contributed by atoms with E-state index in [4.69, 9.17) is 0 Å². The minimum absolute atomic E-state index is 0.00748. The molecule has 0 saturated carbocycles. The number of pyridine rings is 1. The fraction of sp³-hybridized carbons (Fsp3) is 0.273. The molecule has 2 amide bonds. The van der Waals surface area contributed by atoms with E-state index in [1.165, 1.54) is 4.68 Å². The first-order valence-corrected chi connectivity index (χ1v) is 9.53. The normalized spacial score (nSPS) is 14.7. The Morgan fingerprint density at radius 1 is 1.03 bits per heavy atom. The Hall–Kier alpha value is -3.55. The SMILES string of the molecule is CC(C)(C)n1ccc2nn(C/C(=C/F)CN3C(=O)c4ccccc4C3=O)cc2c1=O. The first kappa shape index (κ1) is 19.8. The molecule has 1 aliphatic heterocycles. The zero-order valence-electron chi connectivity index (χ0n) is 16.9. The summed E-state index contributed by atoms with van der Waals surface area (Å²) < 4.78 is 16.7. The Morgan fingerprint density at radius 2 is 1.67 bits per heavy atom. The number of nitrogens with zero attached hydrogens (tertiary/aromatic N) is 4. The van der Waals surface area contributed by atoms with Gasteiger partial charge in [0, 0.05) is 17.9 Å². The second-order valence-electron chi connectivity index (χ2n) is 8.30. The van der Waals surface area contributed by atoms with E-state index in [-0.39, 0.29) is 29.8 Å². The van der Waals surface area contributed by atoms with Gasteiger partial charge in [0.2, 0.25) is 0 Å². The summed E-state index contributed by atoms with van der Waals surface area (Å²) in [5, 5.41) is 4.77. The summed E-state index contributed by atoms with van der Waals surface area (Å²) in [4.78, 5) is 38.8. The van der Waals surface area contributed by atoms with Gasteiger partial charge in [-0.15, -0.1) is 0 Å². The maximum atomic E-state index is 13.6. The van der Waals surface area contributed by atoms with E-state index in [1.54, 1.807) is 47.3 Å². The molecule has 3 heterocycles. The maximum Gasteiger partial charge on any atom is 0.262 e. The average Bonchev–Trinajstić information content (AvgIpc) is 3.22. The van der Waals surface area contributed by atoms with Crippen LogP contribution in [-0.4, -0.2) is 37.6 Å². The molecule has 0 fully saturated rings. The molecule has 0 aliphatic carbocycles. The first-order chi connectivity index (χ1) is 14.2. The molecule has 1 aromatic carbocycles. The molecule has 1 aliphatic rings. The smallest absolute Gasteiger partial charge is 0.262 e. The Balaban J connectivity index is 1.59. The summed E-state index contributed by atoms with van der Waals surface area (Å²) in [7, 11) is 0. The number of hydrogen-bond donors (Lipinski definition) is 0. The second-order valence-corrected chi connectivity index (χ2v) is 8.30. The van der Waals surface area contributed by atoms with Gasteiger partial charge in [-0.1, -0.05) is 12.1 Å². The minimum atomic E-state index is -0.450. The molecule has 0 bridgehead atoms. The summed E-state index contributed by atoms with van der Waals surface area (Å²) in [5.41, 5.74) is 0.745. The number of imide groups is 1. The van der Waals surface area contributed by atoms with Crippen molar-refractivity contribution in [2.24, 2.45) is 0 Å². The molecule has 3 aromatic rings. The van der Waals surface area contributed by atoms with E-state index in [0.717, 1.165) is 4.90 Å². The summed E-state index contributed by atoms with van der Waals surface area (Å²) in [6.07, 6.45) is 3.63. The number of amides is 2. The summed E-state index contributed by atoms with van der Waals surface area (Å²) in [5.74, 6) is -0.901. The van der Waals surface area contributed by atoms with Crippen LogP contribution in [0.5, 0.6) is 0 Å². The van der Waals surface area contributed by atoms with Crippen LogP contribution in [0.15, 0.2) is 59.4 Å². The highest BCUT2D eigenvalue weighted by molar-refractivity contribution is 6.21. The third-order valence-electron chi connectivity index (χ3n) is 5.10. The number of rotatable bonds is 4. The number of hydrogen-bond acceptors (Lipinski definition) is 4. The van der Waals surface area contributed by atoms with Crippen molar-refractivity contribution >= 4 is 22.7 Å². The zero-order valence-corrected chi connectivity index (χ0v) is 16.9. The molecule has 4 rings (SSSR count). The number of carbonyl (C=O) groups is 2. The minimum Gasteiger partial charge on any atom is -0.310 e. The quantitative estimate of drug-likeness (QED) is 0.622. The lowest BCUT2D eigenvalue weighted by Gasteiger charge is -2.21. The molecular formula is C22H21FN4O3. The van der Waals surface area contributed by atoms with Crippen LogP contribution in [0.25, 0.3) is 10.9 Å². The van der Waals surface area contributed by atoms with Gasteiger partial charge in [0.05, 0.1) is 41.4 Å². The fourth-order valence-electron chi connectivity index (χ4n) is 3.59. The number of halogens is 1. The van der Waals surface area contributed by atoms with Crippen LogP contribution in [-0.2, 0) is 12.1 Å². The predicted octanol–water partition coefficient (Wildman–Crippen LogP) is 3.10. The predicted molar refractivity (Wildman–Crippen MR) is 110 cm³/mol. The van der Waals surface area contributed by atoms with Crippen molar-refractivity contribution in [3.05, 3.63) is 76.1 Å². The van der Waals surface area contributed by atoms with Crippen molar-refractivity contribution in [2.45, 2.75) is 32.9 Å². The summed E-state index contributed by atoms with van der Waals surface area (Å²) >= 11 is 0. The molecule has 0 saturated heterocycles. The lowest BCUT2D eigenvalue weighted by atomic mass is 10.1. The topological polar surface area (TPSA) is 77.2 Å². The van der Waals surface area contributed by atoms with Crippen LogP contribution in [0.2, 0.25) is 0 Å². The fourth-order valence-corrected chi connectivity index (χ4v) is 3.59. The zero-order chi connectivity index (χ0) is 21.6. The van der Waals surface area contributed by atoms with E-state index in [1.807, 2.05) is 20.8 Å². The van der Waals surface area contributed by atoms with Crippen molar-refractivity contribution in [3.63, 3.8) is 0 Å². The van der Waals surface area contributed by atoms with Crippen LogP contribution in [0, 0.1) is 0 Å². The van der Waals surface area contributed by atoms with Gasteiger partial charge in [0.15, 0.2) is 0 Å². The summed E-state index contributed by atoms with van der Waals surface area (Å²) in [6, 6.07) is 8.25. The van der Waals surface area contributed by atoms with E-state index in [0.29, 0.717) is 28.4 Å². The van der Waals surface area contributed by atoms with Gasteiger partial charge in [0.25, 0.3) is 17.4 Å². The van der Waals surface area contributed by atoms with Gasteiger partial charge in [-0.2, -0.15) is 5.10 Å². The standard InChI is InChI=1S/C22H21FN4O3/c1-22(2,3)27-9-8-18-17(21(27)30)13-25(24-18)11-14(10-23)12-26-19(28)15-6-4-5-7-16(15)20(26)29/h4-10,13H,11-12H2,1-3H3/b14-10-. The Kier molecular flexibility index (Phi) is 4.64. The van der Waals surface area contributed by atoms with Gasteiger partial charge in [-0.3, -0.25) is 24.0 Å². The molecule has 30 heavy (non-hydrogen) atoms. The van der Waals surface area contributed by atoms with Crippen LogP contribution in [0.1, 0.15) is 41.5 Å². The third-order valence-corrected chi connectivity index (χ3v) is 5.10. The molecule has 8 heteroatoms. The molecule has 0 N–H and O–H groups in total. The van der Waals surface area contributed by atoms with Gasteiger partial charge >= 0.3 is 0 Å². The number of carbonyl (C=O) groups excluding carboxylic acids is 2. The average molecular weight is 408 g/mol. The number of fused-ring (bicyclic) bond motifs is 2. The lowest BCUT2D eigenvalue weighted by molar-refractivity contribution is 0.0666. The van der Waals surface area contributed by atoms with Crippen molar-refractivity contribution in [3.8, 4) is 0 Å². The molecule has 7 nitrogen and oxygen atoms in total. The molecule has 0 unspecified atom stereocenters. The van der Waals surface area contributed by atoms with Crippen LogP contribution < -0.4 is 5.56 Å². The monoisotopic (exact) mass is 408 g/mol. The van der Waals surface area contributed by atoms with Crippen molar-refractivity contribution < 1.29 is 14.0 Å². The van der Waals surface area contributed by atoms with E-state index in [2.05, 4.69) is 5.10 Å². The number of aromatic nitrogens is 3. The van der Waals surface area contributed by atoms with Crippen LogP contribution in [0.4, 0.5) is 4.39 Å². The molecule has 0 radical (unpaired) electrons. The Morgan fingerprint density at radius 3 is 2.23 bits per heavy atom. The van der Waals surface area contributed by atoms with Crippen molar-refractivity contribution in [1.29, 1.82) is 0 Å².